The number of aromatic nitrogens is 1. The summed E-state index contributed by atoms with van der Waals surface area (Å²) in [6.07, 6.45) is 0. The third-order valence-electron chi connectivity index (χ3n) is 3.52. The number of hydrogen-bond donors (Lipinski definition) is 3. The van der Waals surface area contributed by atoms with Crippen molar-refractivity contribution in [2.45, 2.75) is 13.0 Å². The Kier molecular flexibility index (Phi) is 3.72. The molecule has 1 aromatic heterocycles. The van der Waals surface area contributed by atoms with E-state index in [1.807, 2.05) is 36.6 Å². The number of nitrogens with zero attached hydrogens (tertiary/aromatic N) is 1. The molecule has 1 atom stereocenters. The van der Waals surface area contributed by atoms with E-state index in [0.29, 0.717) is 5.13 Å². The Labute approximate surface area is 132 Å². The fraction of sp³-hybridized carbons (Fsp3) is 0.200. The highest BCUT2D eigenvalue weighted by molar-refractivity contribution is 7.13. The number of methoxy groups -OCH3 is 1. The number of carbonyl (C=O) groups is 1. The number of carbonyl (C=O) groups excluding carboxylic acids is 1. The first-order valence-corrected chi connectivity index (χ1v) is 7.60. The van der Waals surface area contributed by atoms with Crippen molar-refractivity contribution < 1.29 is 9.53 Å². The number of allylic oxidation sites excluding steroid dienone is 1. The predicted molar refractivity (Wildman–Crippen MR) is 86.5 cm³/mol. The van der Waals surface area contributed by atoms with Gasteiger partial charge in [-0.05, 0) is 24.6 Å². The van der Waals surface area contributed by atoms with Crippen LogP contribution in [-0.4, -0.2) is 18.1 Å². The predicted octanol–water partition coefficient (Wildman–Crippen LogP) is 2.52. The highest BCUT2D eigenvalue weighted by Crippen LogP contribution is 2.35. The van der Waals surface area contributed by atoms with Gasteiger partial charge in [-0.2, -0.15) is 0 Å². The summed E-state index contributed by atoms with van der Waals surface area (Å²) < 4.78 is 5.17. The number of thiazole rings is 1. The lowest BCUT2D eigenvalue weighted by Crippen LogP contribution is -2.42. The van der Waals surface area contributed by atoms with Crippen molar-refractivity contribution in [1.29, 1.82) is 0 Å². The quantitative estimate of drug-likeness (QED) is 0.811. The summed E-state index contributed by atoms with van der Waals surface area (Å²) in [5.41, 5.74) is 9.15. The van der Waals surface area contributed by atoms with Crippen LogP contribution in [0.15, 0.2) is 35.3 Å². The normalized spacial score (nSPS) is 17.9. The molecule has 1 aromatic carbocycles. The van der Waals surface area contributed by atoms with Crippen LogP contribution in [0, 0.1) is 0 Å². The molecule has 2 aromatic rings. The summed E-state index contributed by atoms with van der Waals surface area (Å²) in [5, 5.41) is 8.11. The lowest BCUT2D eigenvalue weighted by Gasteiger charge is -2.28. The number of amides is 2. The van der Waals surface area contributed by atoms with Gasteiger partial charge in [-0.1, -0.05) is 12.1 Å². The van der Waals surface area contributed by atoms with E-state index in [4.69, 9.17) is 10.5 Å². The maximum absolute atomic E-state index is 11.8. The SMILES string of the molecule is COc1ccc(C2NC(=O)NC(C)=C2c2csc(N)n2)cc1. The second-order valence-electron chi connectivity index (χ2n) is 4.91. The van der Waals surface area contributed by atoms with Crippen LogP contribution in [0.2, 0.25) is 0 Å². The zero-order valence-electron chi connectivity index (χ0n) is 12.2. The van der Waals surface area contributed by atoms with E-state index in [2.05, 4.69) is 15.6 Å². The van der Waals surface area contributed by atoms with Crippen molar-refractivity contribution in [3.05, 3.63) is 46.6 Å². The van der Waals surface area contributed by atoms with E-state index < -0.39 is 0 Å². The number of nitrogen functional groups attached to an aromatic ring is 1. The molecule has 1 aliphatic heterocycles. The number of anilines is 1. The van der Waals surface area contributed by atoms with Crippen molar-refractivity contribution in [2.75, 3.05) is 12.8 Å². The Hall–Kier alpha value is -2.54. The van der Waals surface area contributed by atoms with Crippen LogP contribution in [0.3, 0.4) is 0 Å². The molecule has 2 heterocycles. The van der Waals surface area contributed by atoms with Crippen LogP contribution in [0.4, 0.5) is 9.93 Å². The molecular formula is C15H16N4O2S. The van der Waals surface area contributed by atoms with E-state index in [-0.39, 0.29) is 12.1 Å². The largest absolute Gasteiger partial charge is 0.497 e. The number of hydrogen-bond acceptors (Lipinski definition) is 5. The van der Waals surface area contributed by atoms with E-state index in [9.17, 15) is 4.79 Å². The van der Waals surface area contributed by atoms with Crippen LogP contribution >= 0.6 is 11.3 Å². The standard InChI is InChI=1S/C15H16N4O2S/c1-8-12(11-7-22-14(16)18-11)13(19-15(20)17-8)9-3-5-10(21-2)6-4-9/h3-7,13H,1-2H3,(H2,16,18)(H2,17,19,20). The van der Waals surface area contributed by atoms with Crippen LogP contribution < -0.4 is 21.1 Å². The van der Waals surface area contributed by atoms with Gasteiger partial charge in [0.1, 0.15) is 5.75 Å². The molecule has 1 aliphatic rings. The average molecular weight is 316 g/mol. The number of ether oxygens (including phenoxy) is 1. The van der Waals surface area contributed by atoms with Crippen molar-refractivity contribution in [3.63, 3.8) is 0 Å². The van der Waals surface area contributed by atoms with Crippen molar-refractivity contribution in [2.24, 2.45) is 0 Å². The number of rotatable bonds is 3. The molecule has 114 valence electrons. The smallest absolute Gasteiger partial charge is 0.319 e. The molecule has 0 radical (unpaired) electrons. The molecule has 0 fully saturated rings. The molecule has 2 amide bonds. The Balaban J connectivity index is 2.05. The maximum Gasteiger partial charge on any atom is 0.319 e. The lowest BCUT2D eigenvalue weighted by molar-refractivity contribution is 0.240. The minimum Gasteiger partial charge on any atom is -0.497 e. The van der Waals surface area contributed by atoms with Gasteiger partial charge in [0.2, 0.25) is 0 Å². The molecule has 4 N–H and O–H groups in total. The zero-order chi connectivity index (χ0) is 15.7. The van der Waals surface area contributed by atoms with Crippen molar-refractivity contribution in [1.82, 2.24) is 15.6 Å². The van der Waals surface area contributed by atoms with Crippen LogP contribution in [0.1, 0.15) is 24.2 Å². The van der Waals surface area contributed by atoms with Crippen LogP contribution in [-0.2, 0) is 0 Å². The van der Waals surface area contributed by atoms with Crippen LogP contribution in [0.25, 0.3) is 5.57 Å². The van der Waals surface area contributed by atoms with Gasteiger partial charge in [0.25, 0.3) is 0 Å². The van der Waals surface area contributed by atoms with E-state index >= 15 is 0 Å². The number of benzene rings is 1. The topological polar surface area (TPSA) is 89.3 Å². The second-order valence-corrected chi connectivity index (χ2v) is 5.80. The molecular weight excluding hydrogens is 300 g/mol. The molecule has 6 nitrogen and oxygen atoms in total. The van der Waals surface area contributed by atoms with Gasteiger partial charge in [0.15, 0.2) is 5.13 Å². The van der Waals surface area contributed by atoms with Gasteiger partial charge in [0.05, 0.1) is 18.8 Å². The third-order valence-corrected chi connectivity index (χ3v) is 4.19. The van der Waals surface area contributed by atoms with Gasteiger partial charge in [-0.15, -0.1) is 11.3 Å². The second kappa shape index (κ2) is 5.69. The summed E-state index contributed by atoms with van der Waals surface area (Å²) in [6.45, 7) is 1.86. The molecule has 3 rings (SSSR count). The zero-order valence-corrected chi connectivity index (χ0v) is 13.0. The van der Waals surface area contributed by atoms with Gasteiger partial charge in [-0.25, -0.2) is 9.78 Å². The van der Waals surface area contributed by atoms with Crippen LogP contribution in [0.5, 0.6) is 5.75 Å². The summed E-state index contributed by atoms with van der Waals surface area (Å²) >= 11 is 1.38. The monoisotopic (exact) mass is 316 g/mol. The van der Waals surface area contributed by atoms with E-state index in [0.717, 1.165) is 28.3 Å². The Morgan fingerprint density at radius 2 is 2.05 bits per heavy atom. The molecule has 0 saturated heterocycles. The summed E-state index contributed by atoms with van der Waals surface area (Å²) in [4.78, 5) is 16.2. The molecule has 7 heteroatoms. The van der Waals surface area contributed by atoms with Gasteiger partial charge >= 0.3 is 6.03 Å². The molecule has 1 unspecified atom stereocenters. The van der Waals surface area contributed by atoms with Gasteiger partial charge in [0, 0.05) is 16.7 Å². The first-order valence-electron chi connectivity index (χ1n) is 6.72. The first kappa shape index (κ1) is 14.4. The van der Waals surface area contributed by atoms with E-state index in [1.54, 1.807) is 7.11 Å². The average Bonchev–Trinajstić information content (AvgIpc) is 2.92. The summed E-state index contributed by atoms with van der Waals surface area (Å²) in [7, 11) is 1.62. The molecule has 0 spiro atoms. The maximum atomic E-state index is 11.8. The lowest BCUT2D eigenvalue weighted by atomic mass is 9.93. The fourth-order valence-corrected chi connectivity index (χ4v) is 3.05. The fourth-order valence-electron chi connectivity index (χ4n) is 2.49. The Morgan fingerprint density at radius 1 is 1.32 bits per heavy atom. The minimum atomic E-state index is -0.277. The summed E-state index contributed by atoms with van der Waals surface area (Å²) in [6, 6.07) is 7.08. The van der Waals surface area contributed by atoms with Gasteiger partial charge in [-0.3, -0.25) is 0 Å². The highest BCUT2D eigenvalue weighted by Gasteiger charge is 2.28. The Bertz CT molecular complexity index is 736. The first-order chi connectivity index (χ1) is 10.6. The Morgan fingerprint density at radius 3 is 2.64 bits per heavy atom. The highest BCUT2D eigenvalue weighted by atomic mass is 32.1. The number of urea groups is 1. The molecule has 22 heavy (non-hydrogen) atoms. The van der Waals surface area contributed by atoms with Gasteiger partial charge < -0.3 is 21.1 Å². The van der Waals surface area contributed by atoms with E-state index in [1.165, 1.54) is 11.3 Å². The molecule has 0 saturated carbocycles. The summed E-state index contributed by atoms with van der Waals surface area (Å²) in [5.74, 6) is 0.768. The van der Waals surface area contributed by atoms with Crippen molar-refractivity contribution in [3.8, 4) is 5.75 Å². The van der Waals surface area contributed by atoms with Crippen molar-refractivity contribution >= 4 is 28.1 Å². The molecule has 0 aliphatic carbocycles. The number of nitrogens with two attached hydrogens (primary N) is 1. The third kappa shape index (κ3) is 2.62. The minimum absolute atomic E-state index is 0.231. The number of nitrogens with one attached hydrogen (secondary N) is 2. The molecule has 0 bridgehead atoms.